The van der Waals surface area contributed by atoms with Gasteiger partial charge >= 0.3 is 6.18 Å². The first-order valence-electron chi connectivity index (χ1n) is 9.32. The Hall–Kier alpha value is -2.67. The van der Waals surface area contributed by atoms with E-state index in [4.69, 9.17) is 0 Å². The number of alkyl halides is 3. The zero-order valence-corrected chi connectivity index (χ0v) is 16.2. The summed E-state index contributed by atoms with van der Waals surface area (Å²) < 4.78 is 38.4. The standard InChI is InChI=1S/C22H22F3NO3/c1-13-9-14(2)11-16(10-13)21(29)26-8-7-18(27)12-19(26)20(28)15-3-5-17(6-4-15)22(23,24)25/h3-6,9-11,19-20,28H,7-8,12H2,1-2H3. The molecule has 7 heteroatoms. The number of rotatable bonds is 3. The number of halogens is 3. The highest BCUT2D eigenvalue weighted by Crippen LogP contribution is 2.33. The number of likely N-dealkylation sites (tertiary alicyclic amines) is 1. The molecule has 0 aliphatic carbocycles. The highest BCUT2D eigenvalue weighted by atomic mass is 19.4. The van der Waals surface area contributed by atoms with Crippen LogP contribution in [0.5, 0.6) is 0 Å². The number of benzene rings is 2. The Balaban J connectivity index is 1.89. The molecule has 3 rings (SSSR count). The number of Topliss-reactive ketones (excluding diaryl/α,β-unsaturated/α-hetero) is 1. The summed E-state index contributed by atoms with van der Waals surface area (Å²) >= 11 is 0. The summed E-state index contributed by atoms with van der Waals surface area (Å²) in [4.78, 5) is 26.6. The number of hydrogen-bond acceptors (Lipinski definition) is 3. The molecule has 1 amide bonds. The third-order valence-corrected chi connectivity index (χ3v) is 5.14. The van der Waals surface area contributed by atoms with Crippen molar-refractivity contribution in [1.29, 1.82) is 0 Å². The fraction of sp³-hybridized carbons (Fsp3) is 0.364. The van der Waals surface area contributed by atoms with Gasteiger partial charge in [-0.25, -0.2) is 0 Å². The van der Waals surface area contributed by atoms with Crippen molar-refractivity contribution in [3.63, 3.8) is 0 Å². The number of amides is 1. The van der Waals surface area contributed by atoms with Gasteiger partial charge in [0.05, 0.1) is 17.7 Å². The van der Waals surface area contributed by atoms with Crippen LogP contribution in [0.25, 0.3) is 0 Å². The molecule has 1 heterocycles. The number of carbonyl (C=O) groups excluding carboxylic acids is 2. The van der Waals surface area contributed by atoms with Gasteiger partial charge in [0.25, 0.3) is 5.91 Å². The van der Waals surface area contributed by atoms with Gasteiger partial charge in [-0.1, -0.05) is 29.3 Å². The number of piperidine rings is 1. The van der Waals surface area contributed by atoms with E-state index in [0.717, 1.165) is 23.3 Å². The molecular weight excluding hydrogens is 383 g/mol. The van der Waals surface area contributed by atoms with E-state index >= 15 is 0 Å². The Morgan fingerprint density at radius 2 is 1.69 bits per heavy atom. The molecule has 0 saturated carbocycles. The first kappa shape index (κ1) is 21.0. The normalized spacial score (nSPS) is 18.6. The number of aliphatic hydroxyl groups is 1. The van der Waals surface area contributed by atoms with E-state index < -0.39 is 23.9 Å². The molecular formula is C22H22F3NO3. The number of aryl methyl sites for hydroxylation is 2. The Morgan fingerprint density at radius 3 is 2.24 bits per heavy atom. The van der Waals surface area contributed by atoms with E-state index in [-0.39, 0.29) is 36.6 Å². The number of ketones is 1. The average Bonchev–Trinajstić information content (AvgIpc) is 2.65. The van der Waals surface area contributed by atoms with Crippen molar-refractivity contribution in [3.8, 4) is 0 Å². The van der Waals surface area contributed by atoms with Crippen LogP contribution in [-0.4, -0.2) is 34.3 Å². The summed E-state index contributed by atoms with van der Waals surface area (Å²) in [6, 6.07) is 8.74. The Morgan fingerprint density at radius 1 is 1.10 bits per heavy atom. The molecule has 4 nitrogen and oxygen atoms in total. The van der Waals surface area contributed by atoms with Gasteiger partial charge < -0.3 is 10.0 Å². The van der Waals surface area contributed by atoms with Gasteiger partial charge in [-0.3, -0.25) is 9.59 Å². The average molecular weight is 405 g/mol. The van der Waals surface area contributed by atoms with E-state index in [0.29, 0.717) is 5.56 Å². The first-order valence-corrected chi connectivity index (χ1v) is 9.32. The van der Waals surface area contributed by atoms with E-state index in [1.807, 2.05) is 19.9 Å². The van der Waals surface area contributed by atoms with Crippen molar-refractivity contribution >= 4 is 11.7 Å². The third-order valence-electron chi connectivity index (χ3n) is 5.14. The van der Waals surface area contributed by atoms with Crippen molar-refractivity contribution in [2.45, 2.75) is 45.0 Å². The molecule has 29 heavy (non-hydrogen) atoms. The smallest absolute Gasteiger partial charge is 0.386 e. The SMILES string of the molecule is Cc1cc(C)cc(C(=O)N2CCC(=O)CC2C(O)c2ccc(C(F)(F)F)cc2)c1. The predicted octanol–water partition coefficient (Wildman–Crippen LogP) is 4.23. The highest BCUT2D eigenvalue weighted by Gasteiger charge is 2.37. The fourth-order valence-corrected chi connectivity index (χ4v) is 3.75. The van der Waals surface area contributed by atoms with E-state index in [2.05, 4.69) is 0 Å². The van der Waals surface area contributed by atoms with E-state index in [9.17, 15) is 27.9 Å². The van der Waals surface area contributed by atoms with Gasteiger partial charge in [0.15, 0.2) is 0 Å². The Bertz CT molecular complexity index is 902. The Kier molecular flexibility index (Phi) is 5.80. The van der Waals surface area contributed by atoms with Crippen LogP contribution in [0.4, 0.5) is 13.2 Å². The molecule has 2 aromatic carbocycles. The van der Waals surface area contributed by atoms with Gasteiger partial charge in [0.1, 0.15) is 5.78 Å². The number of aliphatic hydroxyl groups excluding tert-OH is 1. The van der Waals surface area contributed by atoms with Crippen LogP contribution in [0, 0.1) is 13.8 Å². The summed E-state index contributed by atoms with van der Waals surface area (Å²) in [5.41, 5.74) is 1.70. The molecule has 1 N–H and O–H groups in total. The predicted molar refractivity (Wildman–Crippen MR) is 101 cm³/mol. The Labute approximate surface area is 167 Å². The first-order chi connectivity index (χ1) is 13.6. The molecule has 2 aromatic rings. The fourth-order valence-electron chi connectivity index (χ4n) is 3.75. The van der Waals surface area contributed by atoms with Crippen LogP contribution >= 0.6 is 0 Å². The van der Waals surface area contributed by atoms with Crippen molar-refractivity contribution in [1.82, 2.24) is 4.90 Å². The van der Waals surface area contributed by atoms with Crippen LogP contribution in [-0.2, 0) is 11.0 Å². The highest BCUT2D eigenvalue weighted by molar-refractivity contribution is 5.96. The quantitative estimate of drug-likeness (QED) is 0.832. The largest absolute Gasteiger partial charge is 0.416 e. The summed E-state index contributed by atoms with van der Waals surface area (Å²) in [7, 11) is 0. The van der Waals surface area contributed by atoms with Crippen molar-refractivity contribution in [2.24, 2.45) is 0 Å². The lowest BCUT2D eigenvalue weighted by atomic mass is 9.91. The minimum Gasteiger partial charge on any atom is -0.386 e. The maximum atomic E-state index is 13.1. The maximum absolute atomic E-state index is 13.1. The van der Waals surface area contributed by atoms with Crippen molar-refractivity contribution in [2.75, 3.05) is 6.54 Å². The minimum absolute atomic E-state index is 0.0429. The minimum atomic E-state index is -4.48. The van der Waals surface area contributed by atoms with Gasteiger partial charge in [-0.05, 0) is 43.7 Å². The van der Waals surface area contributed by atoms with Gasteiger partial charge in [-0.15, -0.1) is 0 Å². The molecule has 0 aromatic heterocycles. The van der Waals surface area contributed by atoms with Crippen LogP contribution < -0.4 is 0 Å². The summed E-state index contributed by atoms with van der Waals surface area (Å²) in [5.74, 6) is -0.398. The molecule has 2 atom stereocenters. The summed E-state index contributed by atoms with van der Waals surface area (Å²) in [6.07, 6.45) is -5.60. The lowest BCUT2D eigenvalue weighted by Gasteiger charge is -2.38. The lowest BCUT2D eigenvalue weighted by Crippen LogP contribution is -2.49. The second-order valence-corrected chi connectivity index (χ2v) is 7.50. The number of hydrogen-bond donors (Lipinski definition) is 1. The van der Waals surface area contributed by atoms with Crippen molar-refractivity contribution in [3.05, 3.63) is 70.3 Å². The molecule has 0 spiro atoms. The number of nitrogens with zero attached hydrogens (tertiary/aromatic N) is 1. The van der Waals surface area contributed by atoms with Crippen LogP contribution in [0.2, 0.25) is 0 Å². The zero-order valence-electron chi connectivity index (χ0n) is 16.2. The second kappa shape index (κ2) is 7.99. The molecule has 1 saturated heterocycles. The molecule has 154 valence electrons. The molecule has 1 aliphatic heterocycles. The summed E-state index contributed by atoms with van der Waals surface area (Å²) in [5, 5.41) is 10.8. The summed E-state index contributed by atoms with van der Waals surface area (Å²) in [6.45, 7) is 3.91. The molecule has 2 unspecified atom stereocenters. The number of carbonyl (C=O) groups is 2. The molecule has 1 fully saturated rings. The zero-order chi connectivity index (χ0) is 21.3. The topological polar surface area (TPSA) is 57.6 Å². The molecule has 1 aliphatic rings. The monoisotopic (exact) mass is 405 g/mol. The van der Waals surface area contributed by atoms with Crippen LogP contribution in [0.3, 0.4) is 0 Å². The van der Waals surface area contributed by atoms with E-state index in [1.165, 1.54) is 17.0 Å². The van der Waals surface area contributed by atoms with Gasteiger partial charge in [0.2, 0.25) is 0 Å². The molecule has 0 bridgehead atoms. The van der Waals surface area contributed by atoms with E-state index in [1.54, 1.807) is 12.1 Å². The molecule has 0 radical (unpaired) electrons. The third kappa shape index (κ3) is 4.67. The van der Waals surface area contributed by atoms with Crippen LogP contribution in [0.1, 0.15) is 51.6 Å². The van der Waals surface area contributed by atoms with Gasteiger partial charge in [-0.2, -0.15) is 13.2 Å². The lowest BCUT2D eigenvalue weighted by molar-refractivity contribution is -0.137. The second-order valence-electron chi connectivity index (χ2n) is 7.50. The maximum Gasteiger partial charge on any atom is 0.416 e. The van der Waals surface area contributed by atoms with Crippen molar-refractivity contribution < 1.29 is 27.9 Å². The van der Waals surface area contributed by atoms with Crippen LogP contribution in [0.15, 0.2) is 42.5 Å². The van der Waals surface area contributed by atoms with Gasteiger partial charge in [0, 0.05) is 24.9 Å².